The van der Waals surface area contributed by atoms with E-state index in [1.54, 1.807) is 47.4 Å². The number of aliphatic hydroxyl groups excluding tert-OH is 1. The van der Waals surface area contributed by atoms with E-state index in [0.717, 1.165) is 5.56 Å². The summed E-state index contributed by atoms with van der Waals surface area (Å²) in [5.74, 6) is -0.382. The van der Waals surface area contributed by atoms with Crippen molar-refractivity contribution in [2.75, 3.05) is 25.0 Å². The highest BCUT2D eigenvalue weighted by Gasteiger charge is 2.15. The molecule has 0 heterocycles. The monoisotopic (exact) mass is 326 g/mol. The molecule has 0 aromatic heterocycles. The van der Waals surface area contributed by atoms with Gasteiger partial charge in [0.2, 0.25) is 0 Å². The molecule has 2 N–H and O–H groups in total. The van der Waals surface area contributed by atoms with E-state index in [1.807, 2.05) is 19.9 Å². The Hall–Kier alpha value is -2.66. The number of carbonyl (C=O) groups is 2. The number of hydrogen-bond acceptors (Lipinski definition) is 3. The van der Waals surface area contributed by atoms with E-state index >= 15 is 0 Å². The highest BCUT2D eigenvalue weighted by atomic mass is 16.3. The summed E-state index contributed by atoms with van der Waals surface area (Å²) in [6.45, 7) is 4.46. The Balaban J connectivity index is 2.22. The van der Waals surface area contributed by atoms with Crippen LogP contribution in [0.1, 0.15) is 33.2 Å². The van der Waals surface area contributed by atoms with Crippen LogP contribution in [-0.2, 0) is 0 Å². The first-order valence-electron chi connectivity index (χ1n) is 7.94. The van der Waals surface area contributed by atoms with Gasteiger partial charge in [0.15, 0.2) is 0 Å². The average molecular weight is 326 g/mol. The quantitative estimate of drug-likeness (QED) is 0.857. The maximum atomic E-state index is 12.5. The van der Waals surface area contributed by atoms with Crippen molar-refractivity contribution in [1.29, 1.82) is 0 Å². The van der Waals surface area contributed by atoms with Crippen molar-refractivity contribution < 1.29 is 14.7 Å². The first-order valence-corrected chi connectivity index (χ1v) is 7.94. The molecule has 24 heavy (non-hydrogen) atoms. The van der Waals surface area contributed by atoms with E-state index in [9.17, 15) is 9.59 Å². The molecule has 2 rings (SSSR count). The number of carbonyl (C=O) groups excluding carboxylic acids is 2. The molecule has 2 aromatic carbocycles. The van der Waals surface area contributed by atoms with Crippen molar-refractivity contribution in [2.24, 2.45) is 0 Å². The number of benzene rings is 2. The lowest BCUT2D eigenvalue weighted by molar-refractivity contribution is 0.0731. The van der Waals surface area contributed by atoms with Crippen molar-refractivity contribution in [3.05, 3.63) is 65.2 Å². The molecule has 126 valence electrons. The summed E-state index contributed by atoms with van der Waals surface area (Å²) < 4.78 is 0. The minimum Gasteiger partial charge on any atom is -0.395 e. The predicted molar refractivity (Wildman–Crippen MR) is 94.2 cm³/mol. The van der Waals surface area contributed by atoms with E-state index < -0.39 is 0 Å². The number of amides is 2. The zero-order valence-corrected chi connectivity index (χ0v) is 14.0. The minimum atomic E-state index is -0.217. The molecule has 0 saturated carbocycles. The lowest BCUT2D eigenvalue weighted by Crippen LogP contribution is -2.33. The third-order valence-electron chi connectivity index (χ3n) is 3.81. The molecule has 0 saturated heterocycles. The maximum absolute atomic E-state index is 12.5. The molecule has 0 aliphatic heterocycles. The van der Waals surface area contributed by atoms with Gasteiger partial charge in [-0.2, -0.15) is 0 Å². The molecule has 0 aliphatic carbocycles. The molecule has 5 heteroatoms. The van der Waals surface area contributed by atoms with Gasteiger partial charge in [-0.25, -0.2) is 0 Å². The topological polar surface area (TPSA) is 69.6 Å². The van der Waals surface area contributed by atoms with Gasteiger partial charge in [-0.05, 0) is 43.7 Å². The first kappa shape index (κ1) is 17.7. The van der Waals surface area contributed by atoms with Crippen LogP contribution in [-0.4, -0.2) is 41.5 Å². The summed E-state index contributed by atoms with van der Waals surface area (Å²) in [4.78, 5) is 26.4. The Labute approximate surface area is 141 Å². The van der Waals surface area contributed by atoms with Crippen molar-refractivity contribution >= 4 is 17.5 Å². The summed E-state index contributed by atoms with van der Waals surface area (Å²) >= 11 is 0. The molecular formula is C19H22N2O3. The fraction of sp³-hybridized carbons (Fsp3) is 0.263. The van der Waals surface area contributed by atoms with Crippen LogP contribution in [0.2, 0.25) is 0 Å². The van der Waals surface area contributed by atoms with Gasteiger partial charge < -0.3 is 15.3 Å². The lowest BCUT2D eigenvalue weighted by atomic mass is 10.1. The van der Waals surface area contributed by atoms with E-state index in [4.69, 9.17) is 5.11 Å². The number of anilines is 1. The normalized spacial score (nSPS) is 10.3. The Bertz CT molecular complexity index is 714. The van der Waals surface area contributed by atoms with Crippen LogP contribution in [0.3, 0.4) is 0 Å². The average Bonchev–Trinajstić information content (AvgIpc) is 2.61. The largest absolute Gasteiger partial charge is 0.395 e. The Kier molecular flexibility index (Phi) is 6.09. The second kappa shape index (κ2) is 8.26. The molecule has 0 aliphatic rings. The van der Waals surface area contributed by atoms with E-state index in [1.165, 1.54) is 0 Å². The molecule has 0 bridgehead atoms. The fourth-order valence-corrected chi connectivity index (χ4v) is 2.38. The molecular weight excluding hydrogens is 304 g/mol. The van der Waals surface area contributed by atoms with Gasteiger partial charge in [-0.15, -0.1) is 0 Å². The van der Waals surface area contributed by atoms with Crippen molar-refractivity contribution in [3.63, 3.8) is 0 Å². The fourth-order valence-electron chi connectivity index (χ4n) is 2.38. The summed E-state index contributed by atoms with van der Waals surface area (Å²) in [7, 11) is 0. The second-order valence-electron chi connectivity index (χ2n) is 5.46. The number of likely N-dealkylation sites (N-methyl/N-ethyl adjacent to an activating group) is 1. The van der Waals surface area contributed by atoms with E-state index in [0.29, 0.717) is 23.4 Å². The third kappa shape index (κ3) is 4.20. The molecule has 0 radical (unpaired) electrons. The molecule has 5 nitrogen and oxygen atoms in total. The highest BCUT2D eigenvalue weighted by molar-refractivity contribution is 6.05. The van der Waals surface area contributed by atoms with Gasteiger partial charge >= 0.3 is 0 Å². The Morgan fingerprint density at radius 3 is 2.42 bits per heavy atom. The smallest absolute Gasteiger partial charge is 0.255 e. The van der Waals surface area contributed by atoms with Crippen molar-refractivity contribution in [2.45, 2.75) is 13.8 Å². The number of rotatable bonds is 6. The third-order valence-corrected chi connectivity index (χ3v) is 3.81. The van der Waals surface area contributed by atoms with Gasteiger partial charge in [0.05, 0.1) is 6.61 Å². The number of nitrogens with zero attached hydrogens (tertiary/aromatic N) is 1. The molecule has 0 fully saturated rings. The van der Waals surface area contributed by atoms with Gasteiger partial charge in [-0.3, -0.25) is 9.59 Å². The van der Waals surface area contributed by atoms with Crippen LogP contribution in [0.4, 0.5) is 5.69 Å². The molecule has 0 unspecified atom stereocenters. The number of hydrogen-bond donors (Lipinski definition) is 2. The summed E-state index contributed by atoms with van der Waals surface area (Å²) in [5, 5.41) is 11.9. The Morgan fingerprint density at radius 1 is 1.08 bits per heavy atom. The van der Waals surface area contributed by atoms with Crippen LogP contribution >= 0.6 is 0 Å². The molecule has 2 amide bonds. The van der Waals surface area contributed by atoms with Crippen molar-refractivity contribution in [1.82, 2.24) is 4.90 Å². The molecule has 0 spiro atoms. The van der Waals surface area contributed by atoms with Crippen LogP contribution in [0, 0.1) is 6.92 Å². The lowest BCUT2D eigenvalue weighted by Gasteiger charge is -2.20. The van der Waals surface area contributed by atoms with E-state index in [2.05, 4.69) is 5.32 Å². The number of nitrogens with one attached hydrogen (secondary N) is 1. The van der Waals surface area contributed by atoms with Gasteiger partial charge in [0.25, 0.3) is 11.8 Å². The molecule has 2 aromatic rings. The summed E-state index contributed by atoms with van der Waals surface area (Å²) in [6, 6.07) is 14.1. The number of aryl methyl sites for hydroxylation is 1. The summed E-state index contributed by atoms with van der Waals surface area (Å²) in [6.07, 6.45) is 0. The predicted octanol–water partition coefficient (Wildman–Crippen LogP) is 2.70. The highest BCUT2D eigenvalue weighted by Crippen LogP contribution is 2.19. The zero-order valence-electron chi connectivity index (χ0n) is 14.0. The van der Waals surface area contributed by atoms with Gasteiger partial charge in [0.1, 0.15) is 0 Å². The zero-order chi connectivity index (χ0) is 17.5. The van der Waals surface area contributed by atoms with Crippen LogP contribution < -0.4 is 5.32 Å². The van der Waals surface area contributed by atoms with Gasteiger partial charge in [-0.1, -0.05) is 24.3 Å². The van der Waals surface area contributed by atoms with Crippen LogP contribution in [0.5, 0.6) is 0 Å². The molecule has 0 atom stereocenters. The second-order valence-corrected chi connectivity index (χ2v) is 5.46. The van der Waals surface area contributed by atoms with Crippen LogP contribution in [0.25, 0.3) is 0 Å². The minimum absolute atomic E-state index is 0.0803. The number of aliphatic hydroxyl groups is 1. The van der Waals surface area contributed by atoms with Crippen LogP contribution in [0.15, 0.2) is 48.5 Å². The maximum Gasteiger partial charge on any atom is 0.255 e. The van der Waals surface area contributed by atoms with Gasteiger partial charge in [0, 0.05) is 29.9 Å². The first-order chi connectivity index (χ1) is 11.6. The summed E-state index contributed by atoms with van der Waals surface area (Å²) in [5.41, 5.74) is 2.53. The van der Waals surface area contributed by atoms with Crippen molar-refractivity contribution in [3.8, 4) is 0 Å². The Morgan fingerprint density at radius 2 is 1.79 bits per heavy atom. The standard InChI is InChI=1S/C19H22N2O3/c1-3-21(11-12-22)19(24)16-10-9-14(2)17(13-16)20-18(23)15-7-5-4-6-8-15/h4-10,13,22H,3,11-12H2,1-2H3,(H,20,23). The SMILES string of the molecule is CCN(CCO)C(=O)c1ccc(C)c(NC(=O)c2ccccc2)c1. The van der Waals surface area contributed by atoms with E-state index in [-0.39, 0.29) is 25.0 Å².